The molecule has 0 aliphatic heterocycles. The molecule has 0 fully saturated rings. The average molecular weight is 252 g/mol. The Morgan fingerprint density at radius 3 is 2.28 bits per heavy atom. The van der Waals surface area contributed by atoms with E-state index in [1.807, 2.05) is 0 Å². The molecular formula is C12H12O6. The van der Waals surface area contributed by atoms with Gasteiger partial charge in [-0.3, -0.25) is 0 Å². The van der Waals surface area contributed by atoms with Crippen LogP contribution >= 0.6 is 0 Å². The molecule has 6 heteroatoms. The Morgan fingerprint density at radius 1 is 1.06 bits per heavy atom. The number of ether oxygens (including phenoxy) is 3. The van der Waals surface area contributed by atoms with E-state index in [0.717, 1.165) is 0 Å². The second kappa shape index (κ2) is 4.48. The lowest BCUT2D eigenvalue weighted by Gasteiger charge is -2.12. The van der Waals surface area contributed by atoms with E-state index in [-0.39, 0.29) is 28.2 Å². The third-order valence-electron chi connectivity index (χ3n) is 2.55. The molecule has 0 aliphatic rings. The second-order valence-corrected chi connectivity index (χ2v) is 3.45. The summed E-state index contributed by atoms with van der Waals surface area (Å²) < 4.78 is 20.1. The van der Waals surface area contributed by atoms with Gasteiger partial charge in [-0.05, 0) is 12.1 Å². The SMILES string of the molecule is COc1ccc2oc(=O)c(OC)c(O)c2c1OC. The maximum atomic E-state index is 11.5. The smallest absolute Gasteiger partial charge is 0.383 e. The van der Waals surface area contributed by atoms with Crippen molar-refractivity contribution < 1.29 is 23.7 Å². The molecule has 0 spiro atoms. The van der Waals surface area contributed by atoms with E-state index in [4.69, 9.17) is 18.6 Å². The van der Waals surface area contributed by atoms with Crippen LogP contribution in [-0.4, -0.2) is 26.4 Å². The zero-order chi connectivity index (χ0) is 13.3. The van der Waals surface area contributed by atoms with Crippen LogP contribution in [0.3, 0.4) is 0 Å². The molecule has 0 saturated heterocycles. The van der Waals surface area contributed by atoms with Gasteiger partial charge in [0.1, 0.15) is 11.0 Å². The summed E-state index contributed by atoms with van der Waals surface area (Å²) in [6, 6.07) is 3.09. The van der Waals surface area contributed by atoms with Crippen molar-refractivity contribution in [1.82, 2.24) is 0 Å². The van der Waals surface area contributed by atoms with Crippen LogP contribution in [0.25, 0.3) is 11.0 Å². The lowest BCUT2D eigenvalue weighted by Crippen LogP contribution is -2.04. The number of hydrogen-bond acceptors (Lipinski definition) is 6. The minimum Gasteiger partial charge on any atom is -0.503 e. The first-order valence-electron chi connectivity index (χ1n) is 5.08. The number of methoxy groups -OCH3 is 3. The second-order valence-electron chi connectivity index (χ2n) is 3.45. The highest BCUT2D eigenvalue weighted by Crippen LogP contribution is 2.42. The molecule has 0 bridgehead atoms. The number of benzene rings is 1. The van der Waals surface area contributed by atoms with E-state index in [1.165, 1.54) is 27.4 Å². The summed E-state index contributed by atoms with van der Waals surface area (Å²) in [5.41, 5.74) is -0.564. The van der Waals surface area contributed by atoms with Gasteiger partial charge in [0.2, 0.25) is 5.75 Å². The maximum absolute atomic E-state index is 11.5. The fourth-order valence-electron chi connectivity index (χ4n) is 1.75. The Bertz CT molecular complexity index is 643. The maximum Gasteiger partial charge on any atom is 0.383 e. The third kappa shape index (κ3) is 1.62. The van der Waals surface area contributed by atoms with Crippen LogP contribution in [0.1, 0.15) is 0 Å². The minimum absolute atomic E-state index is 0.191. The van der Waals surface area contributed by atoms with E-state index >= 15 is 0 Å². The molecule has 0 aliphatic carbocycles. The lowest BCUT2D eigenvalue weighted by molar-refractivity contribution is 0.342. The van der Waals surface area contributed by atoms with Crippen LogP contribution in [0.2, 0.25) is 0 Å². The monoisotopic (exact) mass is 252 g/mol. The molecule has 1 aromatic carbocycles. The van der Waals surface area contributed by atoms with Crippen molar-refractivity contribution in [2.45, 2.75) is 0 Å². The largest absolute Gasteiger partial charge is 0.503 e. The molecule has 0 radical (unpaired) electrons. The van der Waals surface area contributed by atoms with Crippen molar-refractivity contribution in [3.63, 3.8) is 0 Å². The first kappa shape index (κ1) is 12.1. The molecule has 1 aromatic heterocycles. The molecule has 0 unspecified atom stereocenters. The van der Waals surface area contributed by atoms with Crippen LogP contribution in [0, 0.1) is 0 Å². The quantitative estimate of drug-likeness (QED) is 0.834. The Balaban J connectivity index is 2.95. The zero-order valence-electron chi connectivity index (χ0n) is 10.1. The van der Waals surface area contributed by atoms with Crippen molar-refractivity contribution in [1.29, 1.82) is 0 Å². The number of aromatic hydroxyl groups is 1. The minimum atomic E-state index is -0.755. The molecule has 1 heterocycles. The first-order valence-corrected chi connectivity index (χ1v) is 5.08. The van der Waals surface area contributed by atoms with E-state index in [2.05, 4.69) is 0 Å². The molecule has 0 atom stereocenters. The van der Waals surface area contributed by atoms with Crippen LogP contribution in [-0.2, 0) is 0 Å². The first-order chi connectivity index (χ1) is 8.63. The van der Waals surface area contributed by atoms with Gasteiger partial charge in [-0.2, -0.15) is 0 Å². The highest BCUT2D eigenvalue weighted by atomic mass is 16.5. The van der Waals surface area contributed by atoms with Crippen LogP contribution < -0.4 is 19.8 Å². The summed E-state index contributed by atoms with van der Waals surface area (Å²) in [6.07, 6.45) is 0. The molecular weight excluding hydrogens is 240 g/mol. The van der Waals surface area contributed by atoms with Gasteiger partial charge in [0.15, 0.2) is 17.2 Å². The van der Waals surface area contributed by atoms with Crippen LogP contribution in [0.4, 0.5) is 0 Å². The predicted molar refractivity (Wildman–Crippen MR) is 63.8 cm³/mol. The Hall–Kier alpha value is -2.37. The van der Waals surface area contributed by atoms with Crippen LogP contribution in [0.15, 0.2) is 21.3 Å². The number of hydrogen-bond donors (Lipinski definition) is 1. The van der Waals surface area contributed by atoms with Crippen LogP contribution in [0.5, 0.6) is 23.0 Å². The summed E-state index contributed by atoms with van der Waals surface area (Å²) in [5.74, 6) is 0.0827. The topological polar surface area (TPSA) is 78.1 Å². The standard InChI is InChI=1S/C12H12O6/c1-15-7-5-4-6-8(10(7)16-2)9(13)11(17-3)12(14)18-6/h4-5,13H,1-3H3. The van der Waals surface area contributed by atoms with Crippen molar-refractivity contribution >= 4 is 11.0 Å². The van der Waals surface area contributed by atoms with Gasteiger partial charge in [-0.1, -0.05) is 0 Å². The van der Waals surface area contributed by atoms with Crippen molar-refractivity contribution in [2.24, 2.45) is 0 Å². The molecule has 1 N–H and O–H groups in total. The van der Waals surface area contributed by atoms with Crippen molar-refractivity contribution in [3.8, 4) is 23.0 Å². The van der Waals surface area contributed by atoms with E-state index in [9.17, 15) is 9.90 Å². The highest BCUT2D eigenvalue weighted by molar-refractivity contribution is 5.93. The Labute approximate surface area is 102 Å². The lowest BCUT2D eigenvalue weighted by atomic mass is 10.2. The average Bonchev–Trinajstić information content (AvgIpc) is 2.37. The number of rotatable bonds is 3. The van der Waals surface area contributed by atoms with Gasteiger partial charge in [0.05, 0.1) is 21.3 Å². The summed E-state index contributed by atoms with van der Waals surface area (Å²) in [7, 11) is 4.16. The normalized spacial score (nSPS) is 10.4. The molecule has 2 aromatic rings. The third-order valence-corrected chi connectivity index (χ3v) is 2.55. The molecule has 0 amide bonds. The zero-order valence-corrected chi connectivity index (χ0v) is 10.1. The fourth-order valence-corrected chi connectivity index (χ4v) is 1.75. The van der Waals surface area contributed by atoms with Gasteiger partial charge in [-0.25, -0.2) is 4.79 Å². The summed E-state index contributed by atoms with van der Waals surface area (Å²) in [6.45, 7) is 0. The molecule has 6 nitrogen and oxygen atoms in total. The van der Waals surface area contributed by atoms with Crippen molar-refractivity contribution in [3.05, 3.63) is 22.6 Å². The Morgan fingerprint density at radius 2 is 1.72 bits per heavy atom. The van der Waals surface area contributed by atoms with Gasteiger partial charge in [0, 0.05) is 0 Å². The Kier molecular flexibility index (Phi) is 3.01. The van der Waals surface area contributed by atoms with E-state index in [1.54, 1.807) is 6.07 Å². The molecule has 0 saturated carbocycles. The van der Waals surface area contributed by atoms with E-state index < -0.39 is 5.63 Å². The summed E-state index contributed by atoms with van der Waals surface area (Å²) >= 11 is 0. The summed E-state index contributed by atoms with van der Waals surface area (Å²) in [5, 5.41) is 10.3. The summed E-state index contributed by atoms with van der Waals surface area (Å²) in [4.78, 5) is 11.5. The van der Waals surface area contributed by atoms with Crippen molar-refractivity contribution in [2.75, 3.05) is 21.3 Å². The van der Waals surface area contributed by atoms with Gasteiger partial charge in [-0.15, -0.1) is 0 Å². The van der Waals surface area contributed by atoms with Gasteiger partial charge >= 0.3 is 5.63 Å². The predicted octanol–water partition coefficient (Wildman–Crippen LogP) is 1.52. The molecule has 18 heavy (non-hydrogen) atoms. The molecule has 2 rings (SSSR count). The van der Waals surface area contributed by atoms with Gasteiger partial charge in [0.25, 0.3) is 0 Å². The highest BCUT2D eigenvalue weighted by Gasteiger charge is 2.20. The number of fused-ring (bicyclic) bond motifs is 1. The molecule has 96 valence electrons. The fraction of sp³-hybridized carbons (Fsp3) is 0.250. The van der Waals surface area contributed by atoms with E-state index in [0.29, 0.717) is 5.75 Å². The van der Waals surface area contributed by atoms with Gasteiger partial charge < -0.3 is 23.7 Å².